The molecule has 108 valence electrons. The summed E-state index contributed by atoms with van der Waals surface area (Å²) in [6.45, 7) is 3.18. The third-order valence-corrected chi connectivity index (χ3v) is 4.40. The maximum Gasteiger partial charge on any atom is 0.129 e. The Morgan fingerprint density at radius 3 is 2.85 bits per heavy atom. The molecule has 0 fully saturated rings. The van der Waals surface area contributed by atoms with E-state index in [0.29, 0.717) is 6.04 Å². The maximum atomic E-state index is 6.07. The van der Waals surface area contributed by atoms with Gasteiger partial charge in [0.15, 0.2) is 0 Å². The van der Waals surface area contributed by atoms with Gasteiger partial charge < -0.3 is 10.1 Å². The highest BCUT2D eigenvalue weighted by Crippen LogP contribution is 2.29. The van der Waals surface area contributed by atoms with Crippen molar-refractivity contribution in [1.29, 1.82) is 0 Å². The van der Waals surface area contributed by atoms with Crippen LogP contribution in [-0.2, 0) is 6.42 Å². The highest BCUT2D eigenvalue weighted by Gasteiger charge is 2.14. The van der Waals surface area contributed by atoms with E-state index in [1.54, 1.807) is 18.4 Å². The average Bonchev–Trinajstić information content (AvgIpc) is 2.92. The molecule has 20 heavy (non-hydrogen) atoms. The maximum absolute atomic E-state index is 6.07. The molecule has 0 spiro atoms. The molecule has 0 aliphatic rings. The van der Waals surface area contributed by atoms with Gasteiger partial charge in [0.1, 0.15) is 5.75 Å². The number of rotatable bonds is 7. The molecule has 4 heteroatoms. The largest absolute Gasteiger partial charge is 0.496 e. The minimum absolute atomic E-state index is 0.308. The van der Waals surface area contributed by atoms with Crippen LogP contribution in [0.3, 0.4) is 0 Å². The number of methoxy groups -OCH3 is 1. The molecule has 1 unspecified atom stereocenters. The van der Waals surface area contributed by atoms with Gasteiger partial charge in [-0.05, 0) is 43.1 Å². The van der Waals surface area contributed by atoms with E-state index in [1.165, 1.54) is 10.4 Å². The van der Waals surface area contributed by atoms with Gasteiger partial charge in [-0.2, -0.15) is 0 Å². The lowest BCUT2D eigenvalue weighted by atomic mass is 10.0. The molecule has 2 rings (SSSR count). The Morgan fingerprint density at radius 2 is 2.20 bits per heavy atom. The number of hydrogen-bond acceptors (Lipinski definition) is 3. The van der Waals surface area contributed by atoms with Crippen molar-refractivity contribution in [2.45, 2.75) is 25.8 Å². The first-order valence-electron chi connectivity index (χ1n) is 6.83. The third-order valence-electron chi connectivity index (χ3n) is 3.14. The molecule has 0 saturated carbocycles. The molecular formula is C16H20ClNOS. The quantitative estimate of drug-likeness (QED) is 0.801. The summed E-state index contributed by atoms with van der Waals surface area (Å²) >= 11 is 7.80. The Bertz CT molecular complexity index is 541. The second-order valence-electron chi connectivity index (χ2n) is 4.73. The topological polar surface area (TPSA) is 21.3 Å². The number of nitrogens with one attached hydrogen (secondary N) is 1. The van der Waals surface area contributed by atoms with Crippen molar-refractivity contribution < 1.29 is 4.74 Å². The van der Waals surface area contributed by atoms with Crippen LogP contribution in [0.2, 0.25) is 5.02 Å². The van der Waals surface area contributed by atoms with Gasteiger partial charge in [-0.1, -0.05) is 30.7 Å². The predicted octanol–water partition coefficient (Wildman–Crippen LogP) is 4.69. The van der Waals surface area contributed by atoms with E-state index in [-0.39, 0.29) is 0 Å². The fourth-order valence-electron chi connectivity index (χ4n) is 2.12. The van der Waals surface area contributed by atoms with Crippen LogP contribution in [-0.4, -0.2) is 13.7 Å². The van der Waals surface area contributed by atoms with Crippen LogP contribution in [0.25, 0.3) is 0 Å². The molecule has 2 aromatic rings. The van der Waals surface area contributed by atoms with Crippen molar-refractivity contribution in [2.24, 2.45) is 0 Å². The van der Waals surface area contributed by atoms with Gasteiger partial charge in [-0.3, -0.25) is 0 Å². The van der Waals surface area contributed by atoms with E-state index in [1.807, 2.05) is 23.6 Å². The van der Waals surface area contributed by atoms with Crippen LogP contribution in [0.4, 0.5) is 0 Å². The van der Waals surface area contributed by atoms with Crippen LogP contribution in [0, 0.1) is 0 Å². The zero-order valence-corrected chi connectivity index (χ0v) is 13.4. The van der Waals surface area contributed by atoms with Crippen LogP contribution in [0.1, 0.15) is 29.8 Å². The van der Waals surface area contributed by atoms with E-state index in [9.17, 15) is 0 Å². The normalized spacial score (nSPS) is 12.3. The third kappa shape index (κ3) is 4.23. The fraction of sp³-hybridized carbons (Fsp3) is 0.375. The van der Waals surface area contributed by atoms with Crippen LogP contribution in [0.5, 0.6) is 5.75 Å². The first-order chi connectivity index (χ1) is 9.72. The number of thiophene rings is 1. The van der Waals surface area contributed by atoms with Gasteiger partial charge in [0.2, 0.25) is 0 Å². The van der Waals surface area contributed by atoms with Gasteiger partial charge in [-0.15, -0.1) is 11.3 Å². The SMILES string of the molecule is CCCNC(Cc1cccc(Cl)c1)c1cc(OC)cs1. The summed E-state index contributed by atoms with van der Waals surface area (Å²) in [5, 5.41) is 6.44. The second kappa shape index (κ2) is 7.67. The summed E-state index contributed by atoms with van der Waals surface area (Å²) in [7, 11) is 1.71. The molecule has 0 aliphatic carbocycles. The summed E-state index contributed by atoms with van der Waals surface area (Å²) in [6.07, 6.45) is 2.05. The highest BCUT2D eigenvalue weighted by molar-refractivity contribution is 7.10. The van der Waals surface area contributed by atoms with Crippen LogP contribution >= 0.6 is 22.9 Å². The minimum atomic E-state index is 0.308. The Labute approximate surface area is 129 Å². The van der Waals surface area contributed by atoms with Gasteiger partial charge in [0.25, 0.3) is 0 Å². The zero-order chi connectivity index (χ0) is 14.4. The summed E-state index contributed by atoms with van der Waals surface area (Å²) in [5.41, 5.74) is 1.25. The summed E-state index contributed by atoms with van der Waals surface area (Å²) in [4.78, 5) is 1.30. The monoisotopic (exact) mass is 309 g/mol. The number of ether oxygens (including phenoxy) is 1. The van der Waals surface area contributed by atoms with E-state index in [2.05, 4.69) is 24.4 Å². The van der Waals surface area contributed by atoms with Crippen LogP contribution < -0.4 is 10.1 Å². The van der Waals surface area contributed by atoms with E-state index in [0.717, 1.165) is 30.2 Å². The smallest absolute Gasteiger partial charge is 0.129 e. The van der Waals surface area contributed by atoms with Crippen molar-refractivity contribution in [3.8, 4) is 5.75 Å². The van der Waals surface area contributed by atoms with Gasteiger partial charge >= 0.3 is 0 Å². The molecule has 1 aromatic heterocycles. The molecule has 1 heterocycles. The fourth-order valence-corrected chi connectivity index (χ4v) is 3.26. The standard InChI is InChI=1S/C16H20ClNOS/c1-3-7-18-15(16-10-14(19-2)11-20-16)9-12-5-4-6-13(17)8-12/h4-6,8,10-11,15,18H,3,7,9H2,1-2H3. The molecule has 0 aliphatic heterocycles. The average molecular weight is 310 g/mol. The lowest BCUT2D eigenvalue weighted by Crippen LogP contribution is -2.23. The van der Waals surface area contributed by atoms with E-state index < -0.39 is 0 Å². The summed E-state index contributed by atoms with van der Waals surface area (Å²) in [5.74, 6) is 0.930. The first kappa shape index (κ1) is 15.4. The molecule has 0 radical (unpaired) electrons. The van der Waals surface area contributed by atoms with Gasteiger partial charge in [0.05, 0.1) is 7.11 Å². The van der Waals surface area contributed by atoms with Gasteiger partial charge in [-0.25, -0.2) is 0 Å². The Balaban J connectivity index is 2.14. The Morgan fingerprint density at radius 1 is 1.35 bits per heavy atom. The lowest BCUT2D eigenvalue weighted by molar-refractivity contribution is 0.415. The molecule has 1 aromatic carbocycles. The van der Waals surface area contributed by atoms with Crippen molar-refractivity contribution in [3.63, 3.8) is 0 Å². The molecule has 0 amide bonds. The first-order valence-corrected chi connectivity index (χ1v) is 8.09. The molecule has 1 N–H and O–H groups in total. The molecule has 0 bridgehead atoms. The number of halogens is 1. The summed E-state index contributed by atoms with van der Waals surface area (Å²) < 4.78 is 5.28. The number of hydrogen-bond donors (Lipinski definition) is 1. The lowest BCUT2D eigenvalue weighted by Gasteiger charge is -2.17. The molecule has 0 saturated heterocycles. The highest BCUT2D eigenvalue weighted by atomic mass is 35.5. The second-order valence-corrected chi connectivity index (χ2v) is 6.11. The Kier molecular flexibility index (Phi) is 5.89. The molecule has 2 nitrogen and oxygen atoms in total. The van der Waals surface area contributed by atoms with Crippen molar-refractivity contribution in [1.82, 2.24) is 5.32 Å². The van der Waals surface area contributed by atoms with E-state index in [4.69, 9.17) is 16.3 Å². The summed E-state index contributed by atoms with van der Waals surface area (Å²) in [6, 6.07) is 10.5. The van der Waals surface area contributed by atoms with Crippen molar-refractivity contribution in [3.05, 3.63) is 51.2 Å². The molecular weight excluding hydrogens is 290 g/mol. The van der Waals surface area contributed by atoms with Crippen molar-refractivity contribution in [2.75, 3.05) is 13.7 Å². The minimum Gasteiger partial charge on any atom is -0.496 e. The number of benzene rings is 1. The zero-order valence-electron chi connectivity index (χ0n) is 11.9. The predicted molar refractivity (Wildman–Crippen MR) is 87.1 cm³/mol. The van der Waals surface area contributed by atoms with E-state index >= 15 is 0 Å². The van der Waals surface area contributed by atoms with Crippen molar-refractivity contribution >= 4 is 22.9 Å². The molecule has 1 atom stereocenters. The van der Waals surface area contributed by atoms with Gasteiger partial charge in [0, 0.05) is 21.3 Å². The Hall–Kier alpha value is -1.03. The van der Waals surface area contributed by atoms with Crippen LogP contribution in [0.15, 0.2) is 35.7 Å².